The highest BCUT2D eigenvalue weighted by atomic mass is 32.2. The summed E-state index contributed by atoms with van der Waals surface area (Å²) in [4.78, 5) is 27.9. The highest BCUT2D eigenvalue weighted by Crippen LogP contribution is 2.34. The molecule has 2 aromatic rings. The second kappa shape index (κ2) is 9.29. The molecule has 0 radical (unpaired) electrons. The lowest BCUT2D eigenvalue weighted by atomic mass is 10.2. The van der Waals surface area contributed by atoms with Gasteiger partial charge in [0.1, 0.15) is 0 Å². The summed E-state index contributed by atoms with van der Waals surface area (Å²) < 4.78 is 12.3. The third kappa shape index (κ3) is 5.17. The molecule has 1 aromatic carbocycles. The van der Waals surface area contributed by atoms with E-state index in [0.717, 1.165) is 22.7 Å². The number of carbonyl (C=O) groups is 2. The molecule has 3 N–H and O–H groups in total. The minimum absolute atomic E-state index is 0.177. The number of primary amides is 1. The first-order valence-electron chi connectivity index (χ1n) is 9.01. The van der Waals surface area contributed by atoms with E-state index >= 15 is 0 Å². The van der Waals surface area contributed by atoms with Crippen LogP contribution in [0.1, 0.15) is 41.7 Å². The van der Waals surface area contributed by atoms with E-state index in [0.29, 0.717) is 22.2 Å². The van der Waals surface area contributed by atoms with Gasteiger partial charge in [0.05, 0.1) is 28.9 Å². The van der Waals surface area contributed by atoms with Crippen molar-refractivity contribution in [1.82, 2.24) is 4.98 Å². The number of nitrogens with two attached hydrogens (primary N) is 1. The summed E-state index contributed by atoms with van der Waals surface area (Å²) in [5.41, 5.74) is 6.38. The molecule has 0 aliphatic heterocycles. The Hall–Kier alpha value is -2.26. The van der Waals surface area contributed by atoms with Gasteiger partial charge in [-0.25, -0.2) is 4.98 Å². The number of thioether (sulfide) groups is 1. The van der Waals surface area contributed by atoms with Gasteiger partial charge in [-0.15, -0.1) is 11.8 Å². The molecular weight excluding hydrogens is 398 g/mol. The third-order valence-electron chi connectivity index (χ3n) is 4.34. The van der Waals surface area contributed by atoms with Gasteiger partial charge in [0.2, 0.25) is 5.91 Å². The Labute approximate surface area is 172 Å². The molecule has 28 heavy (non-hydrogen) atoms. The predicted octanol–water partition coefficient (Wildman–Crippen LogP) is 3.61. The zero-order chi connectivity index (χ0) is 20.1. The van der Waals surface area contributed by atoms with Crippen LogP contribution in [0.4, 0.5) is 5.13 Å². The third-order valence-corrected chi connectivity index (χ3v) is 6.80. The van der Waals surface area contributed by atoms with Gasteiger partial charge in [-0.1, -0.05) is 11.3 Å². The number of nitrogens with one attached hydrogen (secondary N) is 1. The van der Waals surface area contributed by atoms with Gasteiger partial charge >= 0.3 is 0 Å². The van der Waals surface area contributed by atoms with Crippen molar-refractivity contribution in [3.8, 4) is 11.5 Å². The lowest BCUT2D eigenvalue weighted by Crippen LogP contribution is -2.14. The average Bonchev–Trinajstić information content (AvgIpc) is 3.29. The van der Waals surface area contributed by atoms with Crippen molar-refractivity contribution in [1.29, 1.82) is 0 Å². The number of methoxy groups -OCH3 is 1. The van der Waals surface area contributed by atoms with Crippen molar-refractivity contribution >= 4 is 40.0 Å². The lowest BCUT2D eigenvalue weighted by molar-refractivity contribution is -0.115. The van der Waals surface area contributed by atoms with Gasteiger partial charge in [-0.05, 0) is 50.8 Å². The second-order valence-electron chi connectivity index (χ2n) is 6.49. The zero-order valence-corrected chi connectivity index (χ0v) is 17.5. The second-order valence-corrected chi connectivity index (χ2v) is 8.73. The molecule has 0 unspecified atom stereocenters. The normalized spacial score (nSPS) is 14.1. The monoisotopic (exact) mass is 421 g/mol. The summed E-state index contributed by atoms with van der Waals surface area (Å²) in [7, 11) is 1.56. The van der Waals surface area contributed by atoms with E-state index in [2.05, 4.69) is 10.3 Å². The van der Waals surface area contributed by atoms with Crippen LogP contribution in [-0.2, 0) is 4.79 Å². The Bertz CT molecular complexity index is 863. The molecular formula is C19H23N3O4S2. The molecule has 0 atom stereocenters. The van der Waals surface area contributed by atoms with Crippen LogP contribution in [0.25, 0.3) is 0 Å². The number of aryl methyl sites for hydroxylation is 1. The highest BCUT2D eigenvalue weighted by molar-refractivity contribution is 8.01. The van der Waals surface area contributed by atoms with E-state index in [1.807, 2.05) is 6.92 Å². The molecule has 1 aliphatic carbocycles. The number of amides is 2. The van der Waals surface area contributed by atoms with Gasteiger partial charge in [0, 0.05) is 5.56 Å². The molecule has 3 rings (SSSR count). The standard InChI is InChI=1S/C19H23N3O4S2/c1-11-18(27-10-16(20)23)28-19(21-11)22-17(24)12-7-8-14(15(9-12)25-2)26-13-5-3-4-6-13/h7-9,13H,3-6,10H2,1-2H3,(H2,20,23)(H,21,22,24). The Kier molecular flexibility index (Phi) is 6.79. The quantitative estimate of drug-likeness (QED) is 0.631. The number of thiazole rings is 1. The van der Waals surface area contributed by atoms with Gasteiger partial charge in [-0.2, -0.15) is 0 Å². The number of hydrogen-bond acceptors (Lipinski definition) is 7. The molecule has 9 heteroatoms. The fourth-order valence-corrected chi connectivity index (χ4v) is 4.84. The van der Waals surface area contributed by atoms with Gasteiger partial charge in [-0.3, -0.25) is 14.9 Å². The molecule has 150 valence electrons. The van der Waals surface area contributed by atoms with Crippen molar-refractivity contribution in [2.75, 3.05) is 18.2 Å². The average molecular weight is 422 g/mol. The molecule has 0 saturated heterocycles. The van der Waals surface area contributed by atoms with Crippen molar-refractivity contribution < 1.29 is 19.1 Å². The molecule has 1 saturated carbocycles. The smallest absolute Gasteiger partial charge is 0.257 e. The molecule has 1 fully saturated rings. The fourth-order valence-electron chi connectivity index (χ4n) is 2.97. The molecule has 1 aliphatic rings. The van der Waals surface area contributed by atoms with Crippen LogP contribution >= 0.6 is 23.1 Å². The van der Waals surface area contributed by atoms with E-state index in [9.17, 15) is 9.59 Å². The van der Waals surface area contributed by atoms with Crippen LogP contribution in [0, 0.1) is 6.92 Å². The van der Waals surface area contributed by atoms with Crippen molar-refractivity contribution in [2.24, 2.45) is 5.73 Å². The van der Waals surface area contributed by atoms with E-state index < -0.39 is 5.91 Å². The molecule has 7 nitrogen and oxygen atoms in total. The van der Waals surface area contributed by atoms with Crippen LogP contribution < -0.4 is 20.5 Å². The van der Waals surface area contributed by atoms with Crippen LogP contribution in [0.3, 0.4) is 0 Å². The number of carbonyl (C=O) groups excluding carboxylic acids is 2. The van der Waals surface area contributed by atoms with E-state index in [4.69, 9.17) is 15.2 Å². The Balaban J connectivity index is 1.68. The minimum Gasteiger partial charge on any atom is -0.493 e. The Morgan fingerprint density at radius 1 is 1.32 bits per heavy atom. The zero-order valence-electron chi connectivity index (χ0n) is 15.8. The predicted molar refractivity (Wildman–Crippen MR) is 111 cm³/mol. The Morgan fingerprint density at radius 2 is 2.07 bits per heavy atom. The summed E-state index contributed by atoms with van der Waals surface area (Å²) in [6.07, 6.45) is 4.67. The minimum atomic E-state index is -0.393. The molecule has 1 heterocycles. The number of nitrogens with zero attached hydrogens (tertiary/aromatic N) is 1. The molecule has 1 aromatic heterocycles. The number of benzene rings is 1. The van der Waals surface area contributed by atoms with Gasteiger partial charge in [0.25, 0.3) is 5.91 Å². The summed E-state index contributed by atoms with van der Waals surface area (Å²) in [5.74, 6) is 0.686. The maximum absolute atomic E-state index is 12.6. The molecule has 0 spiro atoms. The number of aromatic nitrogens is 1. The van der Waals surface area contributed by atoms with Crippen molar-refractivity contribution in [2.45, 2.75) is 42.9 Å². The molecule has 0 bridgehead atoms. The van der Waals surface area contributed by atoms with Crippen LogP contribution in [0.15, 0.2) is 22.4 Å². The first-order valence-corrected chi connectivity index (χ1v) is 10.8. The van der Waals surface area contributed by atoms with E-state index in [1.54, 1.807) is 25.3 Å². The summed E-state index contributed by atoms with van der Waals surface area (Å²) in [6, 6.07) is 5.15. The topological polar surface area (TPSA) is 104 Å². The van der Waals surface area contributed by atoms with Gasteiger partial charge < -0.3 is 15.2 Å². The van der Waals surface area contributed by atoms with Gasteiger partial charge in [0.15, 0.2) is 16.6 Å². The number of ether oxygens (including phenoxy) is 2. The van der Waals surface area contributed by atoms with E-state index in [1.165, 1.54) is 35.9 Å². The van der Waals surface area contributed by atoms with Crippen LogP contribution in [-0.4, -0.2) is 35.8 Å². The number of hydrogen-bond donors (Lipinski definition) is 2. The maximum Gasteiger partial charge on any atom is 0.257 e. The molecule has 2 amide bonds. The van der Waals surface area contributed by atoms with Crippen LogP contribution in [0.2, 0.25) is 0 Å². The van der Waals surface area contributed by atoms with Crippen molar-refractivity contribution in [3.63, 3.8) is 0 Å². The van der Waals surface area contributed by atoms with Crippen LogP contribution in [0.5, 0.6) is 11.5 Å². The summed E-state index contributed by atoms with van der Waals surface area (Å²) in [6.45, 7) is 1.83. The summed E-state index contributed by atoms with van der Waals surface area (Å²) in [5, 5.41) is 3.27. The SMILES string of the molecule is COc1cc(C(=O)Nc2nc(C)c(SCC(N)=O)s2)ccc1OC1CCCC1. The number of anilines is 1. The number of rotatable bonds is 8. The highest BCUT2D eigenvalue weighted by Gasteiger charge is 2.20. The van der Waals surface area contributed by atoms with Crippen molar-refractivity contribution in [3.05, 3.63) is 29.5 Å². The van der Waals surface area contributed by atoms with E-state index in [-0.39, 0.29) is 17.8 Å². The Morgan fingerprint density at radius 3 is 2.75 bits per heavy atom. The largest absolute Gasteiger partial charge is 0.493 e. The lowest BCUT2D eigenvalue weighted by Gasteiger charge is -2.16. The maximum atomic E-state index is 12.6. The first kappa shape index (κ1) is 20.5. The summed E-state index contributed by atoms with van der Waals surface area (Å²) >= 11 is 2.63. The first-order chi connectivity index (χ1) is 13.5. The fraction of sp³-hybridized carbons (Fsp3) is 0.421.